The number of piperazine rings is 1. The average molecular weight is 367 g/mol. The fourth-order valence-corrected chi connectivity index (χ4v) is 3.28. The van der Waals surface area contributed by atoms with Crippen LogP contribution in [0.3, 0.4) is 0 Å². The van der Waals surface area contributed by atoms with Gasteiger partial charge in [-0.1, -0.05) is 0 Å². The van der Waals surface area contributed by atoms with Gasteiger partial charge >= 0.3 is 0 Å². The summed E-state index contributed by atoms with van der Waals surface area (Å²) in [6.45, 7) is 6.03. The van der Waals surface area contributed by atoms with Crippen molar-refractivity contribution < 1.29 is 4.79 Å². The number of aromatic nitrogens is 5. The number of rotatable bonds is 4. The molecule has 0 atom stereocenters. The monoisotopic (exact) mass is 367 g/mol. The predicted octanol–water partition coefficient (Wildman–Crippen LogP) is 0.281. The minimum atomic E-state index is -0.0855. The number of carbonyl (C=O) groups is 1. The summed E-state index contributed by atoms with van der Waals surface area (Å²) >= 11 is 0. The van der Waals surface area contributed by atoms with Crippen LogP contribution >= 0.6 is 0 Å². The van der Waals surface area contributed by atoms with E-state index in [2.05, 4.69) is 25.4 Å². The van der Waals surface area contributed by atoms with Crippen molar-refractivity contribution in [1.29, 1.82) is 0 Å². The van der Waals surface area contributed by atoms with E-state index in [1.165, 1.54) is 4.68 Å². The van der Waals surface area contributed by atoms with Crippen molar-refractivity contribution in [2.24, 2.45) is 0 Å². The highest BCUT2D eigenvalue weighted by molar-refractivity contribution is 5.97. The van der Waals surface area contributed by atoms with Gasteiger partial charge in [-0.25, -0.2) is 4.68 Å². The van der Waals surface area contributed by atoms with Crippen molar-refractivity contribution in [3.8, 4) is 0 Å². The van der Waals surface area contributed by atoms with Gasteiger partial charge in [-0.2, -0.15) is 20.5 Å². The van der Waals surface area contributed by atoms with Crippen molar-refractivity contribution in [2.75, 3.05) is 32.7 Å². The van der Waals surface area contributed by atoms with E-state index in [-0.39, 0.29) is 11.5 Å². The van der Waals surface area contributed by atoms with Crippen LogP contribution in [0.25, 0.3) is 11.0 Å². The third kappa shape index (κ3) is 3.72. The first-order valence-electron chi connectivity index (χ1n) is 8.97. The lowest BCUT2D eigenvalue weighted by Gasteiger charge is -2.34. The number of hydrogen-bond donors (Lipinski definition) is 1. The average Bonchev–Trinajstić information content (AvgIpc) is 3.16. The van der Waals surface area contributed by atoms with E-state index < -0.39 is 0 Å². The molecule has 0 bridgehead atoms. The normalized spacial score (nSPS) is 15.4. The number of carbonyl (C=O) groups excluding carboxylic acids is 1. The summed E-state index contributed by atoms with van der Waals surface area (Å²) in [5, 5.41) is 14.9. The van der Waals surface area contributed by atoms with E-state index in [1.54, 1.807) is 30.3 Å². The Hall–Kier alpha value is -3.07. The number of fused-ring (bicyclic) bond motifs is 1. The molecule has 0 unspecified atom stereocenters. The van der Waals surface area contributed by atoms with E-state index in [9.17, 15) is 9.59 Å². The number of nitrogens with one attached hydrogen (secondary N) is 1. The Morgan fingerprint density at radius 2 is 1.81 bits per heavy atom. The van der Waals surface area contributed by atoms with E-state index in [4.69, 9.17) is 0 Å². The molecule has 1 saturated heterocycles. The summed E-state index contributed by atoms with van der Waals surface area (Å²) in [6, 6.07) is 8.62. The maximum absolute atomic E-state index is 12.7. The third-order valence-electron chi connectivity index (χ3n) is 4.85. The Kier molecular flexibility index (Phi) is 4.68. The Labute approximate surface area is 155 Å². The minimum Gasteiger partial charge on any atom is -0.336 e. The van der Waals surface area contributed by atoms with Crippen LogP contribution in [0.2, 0.25) is 0 Å². The number of amides is 1. The van der Waals surface area contributed by atoms with E-state index in [1.807, 2.05) is 11.8 Å². The molecule has 9 heteroatoms. The van der Waals surface area contributed by atoms with Crippen molar-refractivity contribution >= 4 is 16.9 Å². The molecule has 1 fully saturated rings. The molecule has 3 aromatic rings. The Bertz CT molecular complexity index is 1020. The topological polar surface area (TPSA) is 100 Å². The van der Waals surface area contributed by atoms with E-state index in [0.29, 0.717) is 30.7 Å². The molecule has 9 nitrogen and oxygen atoms in total. The number of aromatic amines is 1. The zero-order chi connectivity index (χ0) is 18.8. The van der Waals surface area contributed by atoms with Gasteiger partial charge in [0, 0.05) is 44.4 Å². The first kappa shape index (κ1) is 17.3. The zero-order valence-electron chi connectivity index (χ0n) is 15.1. The third-order valence-corrected chi connectivity index (χ3v) is 4.85. The molecule has 0 radical (unpaired) electrons. The predicted molar refractivity (Wildman–Crippen MR) is 99.5 cm³/mol. The van der Waals surface area contributed by atoms with Crippen LogP contribution in [0.5, 0.6) is 0 Å². The van der Waals surface area contributed by atoms with Crippen molar-refractivity contribution in [3.05, 3.63) is 51.9 Å². The fraction of sp³-hybridized carbons (Fsp3) is 0.389. The van der Waals surface area contributed by atoms with Crippen molar-refractivity contribution in [3.63, 3.8) is 0 Å². The van der Waals surface area contributed by atoms with Gasteiger partial charge in [0.25, 0.3) is 11.5 Å². The van der Waals surface area contributed by atoms with Crippen LogP contribution in [0, 0.1) is 6.92 Å². The highest BCUT2D eigenvalue weighted by Crippen LogP contribution is 2.14. The molecule has 1 aliphatic rings. The van der Waals surface area contributed by atoms with Gasteiger partial charge in [0.2, 0.25) is 0 Å². The van der Waals surface area contributed by atoms with Gasteiger partial charge in [0.15, 0.2) is 0 Å². The molecule has 1 amide bonds. The van der Waals surface area contributed by atoms with Crippen molar-refractivity contribution in [1.82, 2.24) is 35.0 Å². The molecule has 1 aliphatic heterocycles. The number of hydrogen-bond acceptors (Lipinski definition) is 6. The highest BCUT2D eigenvalue weighted by Gasteiger charge is 2.22. The second-order valence-corrected chi connectivity index (χ2v) is 6.70. The second-order valence-electron chi connectivity index (χ2n) is 6.70. The number of benzene rings is 1. The number of nitrogens with zero attached hydrogens (tertiary/aromatic N) is 6. The summed E-state index contributed by atoms with van der Waals surface area (Å²) in [5.74, 6) is 0.0103. The van der Waals surface area contributed by atoms with E-state index in [0.717, 1.165) is 30.8 Å². The standard InChI is InChI=1S/C18H21N7O2/c1-13-2-5-17(26)25(21-13)11-8-23-6-9-24(10-7-23)18(27)14-3-4-15-16(12-14)20-22-19-15/h2-5,12H,6-11H2,1H3,(H,19,20,22). The largest absolute Gasteiger partial charge is 0.336 e. The molecule has 140 valence electrons. The quantitative estimate of drug-likeness (QED) is 0.711. The summed E-state index contributed by atoms with van der Waals surface area (Å²) < 4.78 is 1.50. The van der Waals surface area contributed by atoms with Crippen LogP contribution in [0.1, 0.15) is 16.1 Å². The zero-order valence-corrected chi connectivity index (χ0v) is 15.1. The summed E-state index contributed by atoms with van der Waals surface area (Å²) in [6.07, 6.45) is 0. The Morgan fingerprint density at radius 1 is 1.04 bits per heavy atom. The molecular formula is C18H21N7O2. The van der Waals surface area contributed by atoms with Gasteiger partial charge in [0.1, 0.15) is 11.0 Å². The molecule has 4 rings (SSSR count). The maximum Gasteiger partial charge on any atom is 0.266 e. The summed E-state index contributed by atoms with van der Waals surface area (Å²) in [4.78, 5) is 28.7. The van der Waals surface area contributed by atoms with Gasteiger partial charge in [-0.3, -0.25) is 14.5 Å². The molecule has 0 spiro atoms. The lowest BCUT2D eigenvalue weighted by Crippen LogP contribution is -2.49. The fourth-order valence-electron chi connectivity index (χ4n) is 3.28. The SMILES string of the molecule is Cc1ccc(=O)n(CCN2CCN(C(=O)c3ccc4n[nH]nc4c3)CC2)n1. The molecule has 2 aromatic heterocycles. The molecular weight excluding hydrogens is 346 g/mol. The number of H-pyrrole nitrogens is 1. The summed E-state index contributed by atoms with van der Waals surface area (Å²) in [5.41, 5.74) is 2.80. The van der Waals surface area contributed by atoms with Gasteiger partial charge in [0.05, 0.1) is 12.2 Å². The summed E-state index contributed by atoms with van der Waals surface area (Å²) in [7, 11) is 0. The lowest BCUT2D eigenvalue weighted by molar-refractivity contribution is 0.0631. The molecule has 1 N–H and O–H groups in total. The molecule has 3 heterocycles. The van der Waals surface area contributed by atoms with Crippen LogP contribution < -0.4 is 5.56 Å². The number of aryl methyl sites for hydroxylation is 1. The van der Waals surface area contributed by atoms with Gasteiger partial charge < -0.3 is 4.90 Å². The second kappa shape index (κ2) is 7.28. The molecule has 1 aromatic carbocycles. The van der Waals surface area contributed by atoms with E-state index >= 15 is 0 Å². The molecule has 0 aliphatic carbocycles. The van der Waals surface area contributed by atoms with Crippen LogP contribution in [0.15, 0.2) is 35.1 Å². The Morgan fingerprint density at radius 3 is 2.63 bits per heavy atom. The highest BCUT2D eigenvalue weighted by atomic mass is 16.2. The Balaban J connectivity index is 1.33. The first-order valence-corrected chi connectivity index (χ1v) is 8.97. The van der Waals surface area contributed by atoms with Crippen LogP contribution in [-0.4, -0.2) is 73.6 Å². The van der Waals surface area contributed by atoms with Crippen LogP contribution in [0.4, 0.5) is 0 Å². The minimum absolute atomic E-state index is 0.0103. The van der Waals surface area contributed by atoms with Crippen LogP contribution in [-0.2, 0) is 6.54 Å². The first-order chi connectivity index (χ1) is 13.1. The maximum atomic E-state index is 12.7. The molecule has 27 heavy (non-hydrogen) atoms. The lowest BCUT2D eigenvalue weighted by atomic mass is 10.1. The van der Waals surface area contributed by atoms with Gasteiger partial charge in [-0.05, 0) is 31.2 Å². The van der Waals surface area contributed by atoms with Gasteiger partial charge in [-0.15, -0.1) is 0 Å². The van der Waals surface area contributed by atoms with Crippen molar-refractivity contribution in [2.45, 2.75) is 13.5 Å². The molecule has 0 saturated carbocycles. The smallest absolute Gasteiger partial charge is 0.266 e.